The Labute approximate surface area is 132 Å². The second-order valence-electron chi connectivity index (χ2n) is 6.63. The van der Waals surface area contributed by atoms with Crippen molar-refractivity contribution in [3.63, 3.8) is 0 Å². The normalized spacial score (nSPS) is 18.6. The molecule has 124 valence electrons. The fourth-order valence-electron chi connectivity index (χ4n) is 2.74. The van der Waals surface area contributed by atoms with E-state index in [2.05, 4.69) is 15.0 Å². The van der Waals surface area contributed by atoms with E-state index < -0.39 is 5.60 Å². The SMILES string of the molecule is CC(C)(C)OC(=O)N1CC[C@@H](n2c(=O)[nH]c3c(N)ncnc32)C1. The Bertz CT molecular complexity index is 803. The van der Waals surface area contributed by atoms with E-state index in [1.165, 1.54) is 10.9 Å². The summed E-state index contributed by atoms with van der Waals surface area (Å²) in [6.07, 6.45) is 1.60. The Hall–Kier alpha value is -2.58. The second-order valence-corrected chi connectivity index (χ2v) is 6.63. The van der Waals surface area contributed by atoms with Crippen LogP contribution in [0.3, 0.4) is 0 Å². The van der Waals surface area contributed by atoms with E-state index in [1.54, 1.807) is 4.90 Å². The highest BCUT2D eigenvalue weighted by molar-refractivity contribution is 5.81. The van der Waals surface area contributed by atoms with Gasteiger partial charge in [-0.05, 0) is 27.2 Å². The third-order valence-corrected chi connectivity index (χ3v) is 3.72. The molecule has 23 heavy (non-hydrogen) atoms. The number of fused-ring (bicyclic) bond motifs is 1. The zero-order chi connectivity index (χ0) is 16.8. The lowest BCUT2D eigenvalue weighted by atomic mass is 10.2. The molecule has 0 saturated carbocycles. The molecule has 2 aromatic heterocycles. The van der Waals surface area contributed by atoms with Gasteiger partial charge in [0.15, 0.2) is 11.5 Å². The van der Waals surface area contributed by atoms with Gasteiger partial charge in [0.1, 0.15) is 17.4 Å². The van der Waals surface area contributed by atoms with Gasteiger partial charge in [-0.25, -0.2) is 19.6 Å². The molecule has 0 unspecified atom stereocenters. The number of nitrogen functional groups attached to an aromatic ring is 1. The summed E-state index contributed by atoms with van der Waals surface area (Å²) in [7, 11) is 0. The monoisotopic (exact) mass is 320 g/mol. The number of aromatic amines is 1. The largest absolute Gasteiger partial charge is 0.444 e. The number of likely N-dealkylation sites (tertiary alicyclic amines) is 1. The van der Waals surface area contributed by atoms with E-state index in [0.717, 1.165) is 0 Å². The lowest BCUT2D eigenvalue weighted by Crippen LogP contribution is -2.36. The van der Waals surface area contributed by atoms with Crippen LogP contribution in [0.2, 0.25) is 0 Å². The number of carbonyl (C=O) groups is 1. The molecule has 1 aliphatic heterocycles. The summed E-state index contributed by atoms with van der Waals surface area (Å²) in [6, 6.07) is -0.168. The van der Waals surface area contributed by atoms with Crippen molar-refractivity contribution < 1.29 is 9.53 Å². The molecule has 9 heteroatoms. The van der Waals surface area contributed by atoms with E-state index in [1.807, 2.05) is 20.8 Å². The van der Waals surface area contributed by atoms with E-state index >= 15 is 0 Å². The molecule has 9 nitrogen and oxygen atoms in total. The molecule has 1 atom stereocenters. The summed E-state index contributed by atoms with van der Waals surface area (Å²) in [5.74, 6) is 0.229. The van der Waals surface area contributed by atoms with E-state index in [-0.39, 0.29) is 23.6 Å². The fourth-order valence-corrected chi connectivity index (χ4v) is 2.74. The highest BCUT2D eigenvalue weighted by atomic mass is 16.6. The van der Waals surface area contributed by atoms with Gasteiger partial charge in [-0.15, -0.1) is 0 Å². The summed E-state index contributed by atoms with van der Waals surface area (Å²) < 4.78 is 6.91. The van der Waals surface area contributed by atoms with E-state index in [4.69, 9.17) is 10.5 Å². The first-order chi connectivity index (χ1) is 10.8. The molecular weight excluding hydrogens is 300 g/mol. The Morgan fingerprint density at radius 1 is 1.43 bits per heavy atom. The zero-order valence-corrected chi connectivity index (χ0v) is 13.4. The number of H-pyrrole nitrogens is 1. The highest BCUT2D eigenvalue weighted by Crippen LogP contribution is 2.25. The van der Waals surface area contributed by atoms with E-state index in [9.17, 15) is 9.59 Å². The molecule has 3 heterocycles. The first-order valence-electron chi connectivity index (χ1n) is 7.45. The smallest absolute Gasteiger partial charge is 0.410 e. The summed E-state index contributed by atoms with van der Waals surface area (Å²) in [4.78, 5) is 36.7. The summed E-state index contributed by atoms with van der Waals surface area (Å²) in [5.41, 5.74) is 5.79. The Kier molecular flexibility index (Phi) is 3.50. The number of imidazole rings is 1. The Balaban J connectivity index is 1.85. The van der Waals surface area contributed by atoms with Crippen LogP contribution in [-0.4, -0.2) is 49.2 Å². The third-order valence-electron chi connectivity index (χ3n) is 3.72. The molecule has 1 amide bonds. The molecule has 3 rings (SSSR count). The van der Waals surface area contributed by atoms with Crippen LogP contribution in [0.25, 0.3) is 11.2 Å². The Morgan fingerprint density at radius 2 is 2.17 bits per heavy atom. The van der Waals surface area contributed by atoms with Gasteiger partial charge in [-0.3, -0.25) is 4.57 Å². The van der Waals surface area contributed by atoms with Crippen molar-refractivity contribution in [2.75, 3.05) is 18.8 Å². The summed E-state index contributed by atoms with van der Waals surface area (Å²) in [5, 5.41) is 0. The van der Waals surface area contributed by atoms with Crippen LogP contribution in [0.1, 0.15) is 33.2 Å². The summed E-state index contributed by atoms with van der Waals surface area (Å²) in [6.45, 7) is 6.39. The maximum absolute atomic E-state index is 12.2. The number of nitrogens with one attached hydrogen (secondary N) is 1. The maximum Gasteiger partial charge on any atom is 0.410 e. The van der Waals surface area contributed by atoms with Crippen LogP contribution >= 0.6 is 0 Å². The maximum atomic E-state index is 12.2. The molecule has 1 aliphatic rings. The zero-order valence-electron chi connectivity index (χ0n) is 13.4. The number of carbonyl (C=O) groups excluding carboxylic acids is 1. The minimum atomic E-state index is -0.547. The van der Waals surface area contributed by atoms with Gasteiger partial charge in [0.25, 0.3) is 0 Å². The predicted octanol–water partition coefficient (Wildman–Crippen LogP) is 0.884. The van der Waals surface area contributed by atoms with Gasteiger partial charge < -0.3 is 20.4 Å². The van der Waals surface area contributed by atoms with E-state index in [0.29, 0.717) is 30.7 Å². The number of nitrogens with zero attached hydrogens (tertiary/aromatic N) is 4. The van der Waals surface area contributed by atoms with Crippen LogP contribution in [0.15, 0.2) is 11.1 Å². The van der Waals surface area contributed by atoms with Gasteiger partial charge >= 0.3 is 11.8 Å². The summed E-state index contributed by atoms with van der Waals surface area (Å²) >= 11 is 0. The van der Waals surface area contributed by atoms with Gasteiger partial charge in [0, 0.05) is 13.1 Å². The number of hydrogen-bond acceptors (Lipinski definition) is 6. The molecule has 0 aromatic carbocycles. The number of anilines is 1. The Morgan fingerprint density at radius 3 is 2.87 bits per heavy atom. The van der Waals surface area contributed by atoms with Crippen molar-refractivity contribution in [1.82, 2.24) is 24.4 Å². The van der Waals surface area contributed by atoms with Gasteiger partial charge in [-0.2, -0.15) is 0 Å². The average Bonchev–Trinajstić information content (AvgIpc) is 3.01. The third kappa shape index (κ3) is 2.86. The molecule has 0 radical (unpaired) electrons. The number of hydrogen-bond donors (Lipinski definition) is 2. The lowest BCUT2D eigenvalue weighted by molar-refractivity contribution is 0.0289. The molecular formula is C14H20N6O3. The first kappa shape index (κ1) is 15.3. The quantitative estimate of drug-likeness (QED) is 0.805. The highest BCUT2D eigenvalue weighted by Gasteiger charge is 2.32. The molecule has 1 saturated heterocycles. The number of aromatic nitrogens is 4. The van der Waals surface area contributed by atoms with Crippen molar-refractivity contribution in [3.8, 4) is 0 Å². The van der Waals surface area contributed by atoms with Crippen molar-refractivity contribution in [3.05, 3.63) is 16.8 Å². The minimum absolute atomic E-state index is 0.168. The van der Waals surface area contributed by atoms with Crippen molar-refractivity contribution in [2.45, 2.75) is 38.8 Å². The van der Waals surface area contributed by atoms with Crippen LogP contribution < -0.4 is 11.4 Å². The molecule has 2 aromatic rings. The first-order valence-corrected chi connectivity index (χ1v) is 7.45. The van der Waals surface area contributed by atoms with Crippen molar-refractivity contribution in [2.24, 2.45) is 0 Å². The van der Waals surface area contributed by atoms with Crippen molar-refractivity contribution in [1.29, 1.82) is 0 Å². The average molecular weight is 320 g/mol. The number of nitrogens with two attached hydrogens (primary N) is 1. The predicted molar refractivity (Wildman–Crippen MR) is 84.0 cm³/mol. The standard InChI is InChI=1S/C14H20N6O3/c1-14(2,3)23-13(22)19-5-4-8(6-19)20-11-9(18-12(20)21)10(15)16-7-17-11/h7-8H,4-6H2,1-3H3,(H,18,21)(H2,15,16,17)/t8-/m1/s1. The molecule has 3 N–H and O–H groups in total. The number of ether oxygens (including phenoxy) is 1. The van der Waals surface area contributed by atoms with Crippen LogP contribution in [0.4, 0.5) is 10.6 Å². The number of rotatable bonds is 1. The van der Waals surface area contributed by atoms with Gasteiger partial charge in [0.05, 0.1) is 6.04 Å². The second kappa shape index (κ2) is 5.25. The van der Waals surface area contributed by atoms with Crippen LogP contribution in [0.5, 0.6) is 0 Å². The van der Waals surface area contributed by atoms with Crippen LogP contribution in [0, 0.1) is 0 Å². The minimum Gasteiger partial charge on any atom is -0.444 e. The van der Waals surface area contributed by atoms with Crippen LogP contribution in [-0.2, 0) is 4.74 Å². The molecule has 0 spiro atoms. The topological polar surface area (TPSA) is 119 Å². The van der Waals surface area contributed by atoms with Gasteiger partial charge in [-0.1, -0.05) is 0 Å². The molecule has 0 bridgehead atoms. The number of amides is 1. The van der Waals surface area contributed by atoms with Crippen molar-refractivity contribution >= 4 is 23.1 Å². The molecule has 1 fully saturated rings. The van der Waals surface area contributed by atoms with Gasteiger partial charge in [0.2, 0.25) is 0 Å². The fraction of sp³-hybridized carbons (Fsp3) is 0.571. The molecule has 0 aliphatic carbocycles. The lowest BCUT2D eigenvalue weighted by Gasteiger charge is -2.24.